The lowest BCUT2D eigenvalue weighted by molar-refractivity contribution is -0.427. The predicted octanol–water partition coefficient (Wildman–Crippen LogP) is 9.73. The van der Waals surface area contributed by atoms with Gasteiger partial charge in [0, 0.05) is 23.5 Å². The topological polar surface area (TPSA) is 47.9 Å². The van der Waals surface area contributed by atoms with Gasteiger partial charge in [0.1, 0.15) is 22.9 Å². The SMILES string of the molecule is CCCCCC1(C)COC(O)(C2CCC(c3ccc(-c4cc(F)c(C(F)(F)Oc5cc(F)c(F)c(F)c5)c(F)c4)cc3)CC2)OC1. The standard InChI is InChI=1S/C35H37F7O4/c1-3-4-5-14-33(2)19-44-35(43,45-20-33)25-12-10-22(11-13-25)21-6-8-23(9-7-21)24-15-27(36)31(28(37)16-24)34(41,42)46-26-17-29(38)32(40)30(39)18-26/h6-9,15-18,22,25,43H,3-5,10-14,19-20H2,1-2H3. The van der Waals surface area contributed by atoms with Crippen molar-refractivity contribution in [1.82, 2.24) is 0 Å². The maximum Gasteiger partial charge on any atom is 0.432 e. The first-order valence-corrected chi connectivity index (χ1v) is 15.5. The molecule has 0 aromatic heterocycles. The second-order valence-electron chi connectivity index (χ2n) is 12.8. The van der Waals surface area contributed by atoms with E-state index in [2.05, 4.69) is 18.6 Å². The molecule has 1 aliphatic carbocycles. The van der Waals surface area contributed by atoms with Crippen LogP contribution in [-0.2, 0) is 15.6 Å². The number of halogens is 7. The van der Waals surface area contributed by atoms with Crippen molar-refractivity contribution >= 4 is 0 Å². The van der Waals surface area contributed by atoms with Crippen LogP contribution < -0.4 is 4.74 Å². The van der Waals surface area contributed by atoms with Crippen molar-refractivity contribution in [2.24, 2.45) is 11.3 Å². The third-order valence-electron chi connectivity index (χ3n) is 9.13. The quantitative estimate of drug-likeness (QED) is 0.134. The van der Waals surface area contributed by atoms with Crippen LogP contribution in [-0.4, -0.2) is 24.3 Å². The highest BCUT2D eigenvalue weighted by Gasteiger charge is 2.47. The summed E-state index contributed by atoms with van der Waals surface area (Å²) in [4.78, 5) is 0. The molecule has 1 heterocycles. The molecular formula is C35H37F7O4. The Morgan fingerprint density at radius 1 is 0.804 bits per heavy atom. The third kappa shape index (κ3) is 7.37. The summed E-state index contributed by atoms with van der Waals surface area (Å²) >= 11 is 0. The van der Waals surface area contributed by atoms with Crippen LogP contribution in [0.2, 0.25) is 0 Å². The van der Waals surface area contributed by atoms with E-state index in [1.54, 1.807) is 12.1 Å². The Bertz CT molecular complexity index is 1470. The number of unbranched alkanes of at least 4 members (excludes halogenated alkanes) is 2. The van der Waals surface area contributed by atoms with Gasteiger partial charge in [0.15, 0.2) is 17.5 Å². The molecule has 1 saturated carbocycles. The Hall–Kier alpha value is -3.15. The second kappa shape index (κ2) is 13.5. The average Bonchev–Trinajstić information content (AvgIpc) is 3.01. The van der Waals surface area contributed by atoms with Crippen molar-refractivity contribution in [3.8, 4) is 16.9 Å². The minimum Gasteiger partial charge on any atom is -0.429 e. The zero-order valence-corrected chi connectivity index (χ0v) is 25.7. The molecule has 11 heteroatoms. The van der Waals surface area contributed by atoms with Gasteiger partial charge in [0.25, 0.3) is 5.97 Å². The van der Waals surface area contributed by atoms with E-state index >= 15 is 0 Å². The molecule has 250 valence electrons. The van der Waals surface area contributed by atoms with Crippen LogP contribution in [0.4, 0.5) is 30.7 Å². The molecule has 1 N–H and O–H groups in total. The van der Waals surface area contributed by atoms with Crippen molar-refractivity contribution in [2.45, 2.75) is 83.2 Å². The van der Waals surface area contributed by atoms with Crippen LogP contribution in [0, 0.1) is 40.4 Å². The van der Waals surface area contributed by atoms with Crippen LogP contribution in [0.15, 0.2) is 48.5 Å². The molecule has 0 bridgehead atoms. The molecule has 0 atom stereocenters. The number of rotatable bonds is 10. The van der Waals surface area contributed by atoms with Gasteiger partial charge in [-0.3, -0.25) is 0 Å². The highest BCUT2D eigenvalue weighted by atomic mass is 19.3. The van der Waals surface area contributed by atoms with Gasteiger partial charge in [0.05, 0.1) is 13.2 Å². The minimum atomic E-state index is -4.67. The van der Waals surface area contributed by atoms with Gasteiger partial charge in [-0.15, -0.1) is 0 Å². The lowest BCUT2D eigenvalue weighted by atomic mass is 9.77. The highest BCUT2D eigenvalue weighted by molar-refractivity contribution is 5.64. The minimum absolute atomic E-state index is 0.0146. The average molecular weight is 655 g/mol. The smallest absolute Gasteiger partial charge is 0.429 e. The van der Waals surface area contributed by atoms with E-state index in [0.29, 0.717) is 43.8 Å². The number of benzene rings is 3. The molecular weight excluding hydrogens is 617 g/mol. The maximum atomic E-state index is 14.9. The molecule has 46 heavy (non-hydrogen) atoms. The Morgan fingerprint density at radius 3 is 1.91 bits per heavy atom. The number of hydrogen-bond donors (Lipinski definition) is 1. The van der Waals surface area contributed by atoms with Crippen molar-refractivity contribution in [2.75, 3.05) is 13.2 Å². The summed E-state index contributed by atoms with van der Waals surface area (Å²) in [7, 11) is 0. The zero-order valence-electron chi connectivity index (χ0n) is 25.7. The van der Waals surface area contributed by atoms with Crippen molar-refractivity contribution in [3.05, 3.63) is 88.7 Å². The van der Waals surface area contributed by atoms with Gasteiger partial charge >= 0.3 is 6.11 Å². The van der Waals surface area contributed by atoms with E-state index in [4.69, 9.17) is 9.47 Å². The van der Waals surface area contributed by atoms with Crippen molar-refractivity contribution in [1.29, 1.82) is 0 Å². The first-order valence-electron chi connectivity index (χ1n) is 15.5. The molecule has 2 aliphatic rings. The highest BCUT2D eigenvalue weighted by Crippen LogP contribution is 2.45. The molecule has 3 aromatic rings. The van der Waals surface area contributed by atoms with E-state index in [1.807, 2.05) is 12.1 Å². The zero-order chi connectivity index (χ0) is 33.3. The fourth-order valence-electron chi connectivity index (χ4n) is 6.37. The number of aliphatic hydroxyl groups is 1. The van der Waals surface area contributed by atoms with Crippen LogP contribution in [0.5, 0.6) is 5.75 Å². The van der Waals surface area contributed by atoms with Gasteiger partial charge in [-0.1, -0.05) is 57.4 Å². The van der Waals surface area contributed by atoms with Crippen LogP contribution >= 0.6 is 0 Å². The number of hydrogen-bond acceptors (Lipinski definition) is 4. The van der Waals surface area contributed by atoms with E-state index in [0.717, 1.165) is 44.1 Å². The third-order valence-corrected chi connectivity index (χ3v) is 9.13. The number of ether oxygens (including phenoxy) is 3. The molecule has 3 aromatic carbocycles. The summed E-state index contributed by atoms with van der Waals surface area (Å²) in [6, 6.07) is 8.60. The van der Waals surface area contributed by atoms with Gasteiger partial charge < -0.3 is 19.3 Å². The van der Waals surface area contributed by atoms with Gasteiger partial charge in [0.2, 0.25) is 0 Å². The van der Waals surface area contributed by atoms with E-state index in [1.165, 1.54) is 0 Å². The Labute approximate surface area is 263 Å². The van der Waals surface area contributed by atoms with Gasteiger partial charge in [-0.25, -0.2) is 22.0 Å². The molecule has 0 unspecified atom stereocenters. The molecule has 0 spiro atoms. The summed E-state index contributed by atoms with van der Waals surface area (Å²) in [5.74, 6) is -11.5. The Morgan fingerprint density at radius 2 is 1.37 bits per heavy atom. The first kappa shape index (κ1) is 34.2. The summed E-state index contributed by atoms with van der Waals surface area (Å²) in [6.45, 7) is 5.15. The van der Waals surface area contributed by atoms with Gasteiger partial charge in [-0.2, -0.15) is 8.78 Å². The van der Waals surface area contributed by atoms with E-state index in [-0.39, 0.29) is 34.9 Å². The molecule has 4 nitrogen and oxygen atoms in total. The summed E-state index contributed by atoms with van der Waals surface area (Å²) in [6.07, 6.45) is 2.57. The summed E-state index contributed by atoms with van der Waals surface area (Å²) in [5.41, 5.74) is -0.539. The Balaban J connectivity index is 1.21. The van der Waals surface area contributed by atoms with Crippen molar-refractivity contribution < 1.29 is 50.1 Å². The second-order valence-corrected chi connectivity index (χ2v) is 12.8. The van der Waals surface area contributed by atoms with E-state index < -0.39 is 52.5 Å². The predicted molar refractivity (Wildman–Crippen MR) is 156 cm³/mol. The molecule has 2 fully saturated rings. The molecule has 0 amide bonds. The molecule has 1 saturated heterocycles. The molecule has 0 radical (unpaired) electrons. The fourth-order valence-corrected chi connectivity index (χ4v) is 6.37. The first-order chi connectivity index (χ1) is 21.7. The van der Waals surface area contributed by atoms with Crippen LogP contribution in [0.25, 0.3) is 11.1 Å². The lowest BCUT2D eigenvalue weighted by Gasteiger charge is -2.46. The molecule has 1 aliphatic heterocycles. The monoisotopic (exact) mass is 654 g/mol. The summed E-state index contributed by atoms with van der Waals surface area (Å²) in [5, 5.41) is 11.1. The normalized spacial score (nSPS) is 25.4. The Kier molecular flexibility index (Phi) is 10.1. The van der Waals surface area contributed by atoms with Crippen LogP contribution in [0.1, 0.15) is 82.3 Å². The maximum absolute atomic E-state index is 14.9. The molecule has 5 rings (SSSR count). The van der Waals surface area contributed by atoms with Crippen molar-refractivity contribution in [3.63, 3.8) is 0 Å². The fraction of sp³-hybridized carbons (Fsp3) is 0.486. The van der Waals surface area contributed by atoms with Gasteiger partial charge in [-0.05, 0) is 66.8 Å². The summed E-state index contributed by atoms with van der Waals surface area (Å²) < 4.78 is 115. The number of alkyl halides is 2. The van der Waals surface area contributed by atoms with Crippen LogP contribution in [0.3, 0.4) is 0 Å². The lowest BCUT2D eigenvalue weighted by Crippen LogP contribution is -2.53. The van der Waals surface area contributed by atoms with E-state index in [9.17, 15) is 35.8 Å². The largest absolute Gasteiger partial charge is 0.432 e.